The van der Waals surface area contributed by atoms with E-state index in [1.165, 1.54) is 23.0 Å². The van der Waals surface area contributed by atoms with Gasteiger partial charge in [0.25, 0.3) is 5.95 Å². The molecule has 2 aromatic rings. The Morgan fingerprint density at radius 3 is 2.72 bits per heavy atom. The second-order valence-corrected chi connectivity index (χ2v) is 3.56. The number of aromatic nitrogens is 3. The molecule has 0 radical (unpaired) electrons. The third-order valence-corrected chi connectivity index (χ3v) is 2.24. The zero-order valence-electron chi connectivity index (χ0n) is 9.57. The Bertz CT molecular complexity index is 592. The highest BCUT2D eigenvalue weighted by Gasteiger charge is 2.03. The Kier molecular flexibility index (Phi) is 3.00. The van der Waals surface area contributed by atoms with E-state index in [-0.39, 0.29) is 11.5 Å². The molecule has 18 heavy (non-hydrogen) atoms. The first-order chi connectivity index (χ1) is 8.58. The molecule has 8 nitrogen and oxygen atoms in total. The SMILES string of the molecule is Cc1nnc(N/N=C\c2ccc(O)c(O)c2)n1N. The zero-order valence-corrected chi connectivity index (χ0v) is 9.57. The topological polar surface area (TPSA) is 122 Å². The number of phenols is 2. The van der Waals surface area contributed by atoms with Gasteiger partial charge >= 0.3 is 0 Å². The van der Waals surface area contributed by atoms with Crippen LogP contribution >= 0.6 is 0 Å². The number of nitrogens with two attached hydrogens (primary N) is 1. The largest absolute Gasteiger partial charge is 0.504 e. The highest BCUT2D eigenvalue weighted by Crippen LogP contribution is 2.23. The number of hydrogen-bond donors (Lipinski definition) is 4. The maximum absolute atomic E-state index is 9.29. The van der Waals surface area contributed by atoms with Gasteiger partial charge in [0.2, 0.25) is 0 Å². The van der Waals surface area contributed by atoms with Gasteiger partial charge in [-0.3, -0.25) is 0 Å². The summed E-state index contributed by atoms with van der Waals surface area (Å²) in [5.41, 5.74) is 3.21. The van der Waals surface area contributed by atoms with Gasteiger partial charge in [-0.05, 0) is 30.7 Å². The van der Waals surface area contributed by atoms with E-state index in [2.05, 4.69) is 20.7 Å². The van der Waals surface area contributed by atoms with Crippen LogP contribution in [-0.2, 0) is 0 Å². The number of aryl methyl sites for hydroxylation is 1. The van der Waals surface area contributed by atoms with E-state index in [0.717, 1.165) is 0 Å². The lowest BCUT2D eigenvalue weighted by atomic mass is 10.2. The summed E-state index contributed by atoms with van der Waals surface area (Å²) in [6.07, 6.45) is 1.45. The van der Waals surface area contributed by atoms with Gasteiger partial charge in [0.1, 0.15) is 0 Å². The van der Waals surface area contributed by atoms with Crippen molar-refractivity contribution in [1.82, 2.24) is 14.9 Å². The van der Waals surface area contributed by atoms with Gasteiger partial charge in [-0.15, -0.1) is 10.2 Å². The number of nitrogens with one attached hydrogen (secondary N) is 1. The highest BCUT2D eigenvalue weighted by molar-refractivity contribution is 5.81. The van der Waals surface area contributed by atoms with Gasteiger partial charge in [-0.1, -0.05) is 0 Å². The predicted octanol–water partition coefficient (Wildman–Crippen LogP) is 0.158. The van der Waals surface area contributed by atoms with Gasteiger partial charge in [-0.25, -0.2) is 10.1 Å². The van der Waals surface area contributed by atoms with E-state index < -0.39 is 0 Å². The van der Waals surface area contributed by atoms with Crippen LogP contribution in [0.1, 0.15) is 11.4 Å². The van der Waals surface area contributed by atoms with Crippen molar-refractivity contribution in [1.29, 1.82) is 0 Å². The highest BCUT2D eigenvalue weighted by atomic mass is 16.3. The molecule has 0 aliphatic heterocycles. The van der Waals surface area contributed by atoms with Crippen LogP contribution in [0.3, 0.4) is 0 Å². The summed E-state index contributed by atoms with van der Waals surface area (Å²) in [4.78, 5) is 0. The lowest BCUT2D eigenvalue weighted by Gasteiger charge is -2.00. The summed E-state index contributed by atoms with van der Waals surface area (Å²) in [6.45, 7) is 1.71. The van der Waals surface area contributed by atoms with Gasteiger partial charge in [0.05, 0.1) is 6.21 Å². The molecule has 0 fully saturated rings. The Morgan fingerprint density at radius 2 is 2.11 bits per heavy atom. The van der Waals surface area contributed by atoms with Crippen LogP contribution in [0.15, 0.2) is 23.3 Å². The summed E-state index contributed by atoms with van der Waals surface area (Å²) < 4.78 is 1.26. The summed E-state index contributed by atoms with van der Waals surface area (Å²) in [7, 11) is 0. The van der Waals surface area contributed by atoms with Crippen LogP contribution in [0, 0.1) is 6.92 Å². The van der Waals surface area contributed by atoms with Gasteiger partial charge in [-0.2, -0.15) is 5.10 Å². The lowest BCUT2D eigenvalue weighted by molar-refractivity contribution is 0.403. The lowest BCUT2D eigenvalue weighted by Crippen LogP contribution is -2.13. The van der Waals surface area contributed by atoms with Crippen molar-refractivity contribution in [3.8, 4) is 11.5 Å². The molecule has 0 spiro atoms. The van der Waals surface area contributed by atoms with Crippen molar-refractivity contribution in [3.63, 3.8) is 0 Å². The molecule has 0 amide bonds. The molecule has 0 bridgehead atoms. The second-order valence-electron chi connectivity index (χ2n) is 3.56. The van der Waals surface area contributed by atoms with E-state index in [0.29, 0.717) is 17.3 Å². The fourth-order valence-electron chi connectivity index (χ4n) is 1.23. The minimum Gasteiger partial charge on any atom is -0.504 e. The number of nitrogens with zero attached hydrogens (tertiary/aromatic N) is 4. The number of rotatable bonds is 3. The van der Waals surface area contributed by atoms with Crippen LogP contribution in [0.25, 0.3) is 0 Å². The molecule has 0 unspecified atom stereocenters. The third-order valence-electron chi connectivity index (χ3n) is 2.24. The fourth-order valence-corrected chi connectivity index (χ4v) is 1.23. The molecule has 0 aliphatic carbocycles. The number of hydrogen-bond acceptors (Lipinski definition) is 7. The maximum Gasteiger partial charge on any atom is 0.263 e. The number of hydrazone groups is 1. The molecule has 1 heterocycles. The summed E-state index contributed by atoms with van der Waals surface area (Å²) in [5, 5.41) is 29.8. The molecule has 2 rings (SSSR count). The average Bonchev–Trinajstić information content (AvgIpc) is 2.66. The standard InChI is InChI=1S/C10H12N6O2/c1-6-13-15-10(16(6)11)14-12-5-7-2-3-8(17)9(18)4-7/h2-5,17-18H,11H2,1H3,(H,14,15)/b12-5-. The van der Waals surface area contributed by atoms with E-state index in [1.807, 2.05) is 0 Å². The quantitative estimate of drug-likeness (QED) is 0.265. The summed E-state index contributed by atoms with van der Waals surface area (Å²) in [6, 6.07) is 4.34. The molecule has 0 aliphatic rings. The molecule has 5 N–H and O–H groups in total. The van der Waals surface area contributed by atoms with Gasteiger partial charge < -0.3 is 16.1 Å². The maximum atomic E-state index is 9.29. The van der Waals surface area contributed by atoms with E-state index >= 15 is 0 Å². The van der Waals surface area contributed by atoms with Crippen molar-refractivity contribution < 1.29 is 10.2 Å². The Labute approximate surface area is 102 Å². The molecule has 1 aromatic heterocycles. The van der Waals surface area contributed by atoms with Crippen LogP contribution in [-0.4, -0.2) is 31.3 Å². The van der Waals surface area contributed by atoms with Gasteiger partial charge in [0.15, 0.2) is 17.3 Å². The molecular weight excluding hydrogens is 236 g/mol. The zero-order chi connectivity index (χ0) is 13.1. The third kappa shape index (κ3) is 2.32. The number of aromatic hydroxyl groups is 2. The number of benzene rings is 1. The van der Waals surface area contributed by atoms with E-state index in [1.54, 1.807) is 13.0 Å². The number of phenolic OH excluding ortho intramolecular Hbond substituents is 2. The molecule has 0 atom stereocenters. The average molecular weight is 248 g/mol. The predicted molar refractivity (Wildman–Crippen MR) is 65.9 cm³/mol. The Balaban J connectivity index is 2.07. The summed E-state index contributed by atoms with van der Waals surface area (Å²) in [5.74, 6) is 6.06. The minimum atomic E-state index is -0.211. The Morgan fingerprint density at radius 1 is 1.33 bits per heavy atom. The monoisotopic (exact) mass is 248 g/mol. The summed E-state index contributed by atoms with van der Waals surface area (Å²) >= 11 is 0. The number of anilines is 1. The van der Waals surface area contributed by atoms with Crippen molar-refractivity contribution >= 4 is 12.2 Å². The number of nitrogen functional groups attached to an aromatic ring is 1. The van der Waals surface area contributed by atoms with Crippen LogP contribution in [0.2, 0.25) is 0 Å². The van der Waals surface area contributed by atoms with Crippen molar-refractivity contribution in [2.24, 2.45) is 5.10 Å². The molecule has 8 heteroatoms. The Hall–Kier alpha value is -2.77. The molecule has 94 valence electrons. The molecular formula is C10H12N6O2. The van der Waals surface area contributed by atoms with E-state index in [4.69, 9.17) is 10.9 Å². The second kappa shape index (κ2) is 4.62. The normalized spacial score (nSPS) is 10.9. The van der Waals surface area contributed by atoms with Crippen LogP contribution < -0.4 is 11.3 Å². The first kappa shape index (κ1) is 11.7. The van der Waals surface area contributed by atoms with Crippen LogP contribution in [0.5, 0.6) is 11.5 Å². The van der Waals surface area contributed by atoms with Crippen molar-refractivity contribution in [3.05, 3.63) is 29.6 Å². The minimum absolute atomic E-state index is 0.183. The van der Waals surface area contributed by atoms with E-state index in [9.17, 15) is 5.11 Å². The fraction of sp³-hybridized carbons (Fsp3) is 0.100. The van der Waals surface area contributed by atoms with Crippen LogP contribution in [0.4, 0.5) is 5.95 Å². The first-order valence-corrected chi connectivity index (χ1v) is 5.06. The van der Waals surface area contributed by atoms with Crippen molar-refractivity contribution in [2.45, 2.75) is 6.92 Å². The van der Waals surface area contributed by atoms with Crippen molar-refractivity contribution in [2.75, 3.05) is 11.3 Å². The first-order valence-electron chi connectivity index (χ1n) is 5.06. The molecule has 0 saturated carbocycles. The molecule has 0 saturated heterocycles. The van der Waals surface area contributed by atoms with Gasteiger partial charge in [0, 0.05) is 0 Å². The smallest absolute Gasteiger partial charge is 0.263 e. The molecule has 1 aromatic carbocycles.